The number of benzene rings is 1. The van der Waals surface area contributed by atoms with Crippen molar-refractivity contribution < 1.29 is 4.79 Å². The summed E-state index contributed by atoms with van der Waals surface area (Å²) in [5.41, 5.74) is 1.36. The van der Waals surface area contributed by atoms with Gasteiger partial charge in [0.2, 0.25) is 0 Å². The fourth-order valence-electron chi connectivity index (χ4n) is 4.19. The molecule has 2 fully saturated rings. The van der Waals surface area contributed by atoms with Crippen LogP contribution in [0.1, 0.15) is 44.1 Å². The number of hydrogen-bond acceptors (Lipinski definition) is 2. The quantitative estimate of drug-likeness (QED) is 0.740. The van der Waals surface area contributed by atoms with Crippen molar-refractivity contribution in [2.45, 2.75) is 50.6 Å². The maximum atomic E-state index is 12.5. The van der Waals surface area contributed by atoms with Gasteiger partial charge in [-0.25, -0.2) is 0 Å². The maximum Gasteiger partial charge on any atom is 0.137 e. The number of hydrogen-bond donors (Lipinski definition) is 0. The first-order valence-corrected chi connectivity index (χ1v) is 8.69. The Hall–Kier alpha value is -0.420. The lowest BCUT2D eigenvalue weighted by Crippen LogP contribution is -2.48. The van der Waals surface area contributed by atoms with E-state index in [1.165, 1.54) is 22.0 Å². The Kier molecular flexibility index (Phi) is 4.18. The van der Waals surface area contributed by atoms with Gasteiger partial charge in [0.25, 0.3) is 0 Å². The standard InChI is InChI=1S/C17H22INO/c1-3-16(20)17-14(11-4-6-12(18)7-5-11)10-13-8-9-15(17)19(13)2/h4-7,13-15,17H,3,8-10H2,1-2H3/t13?,14-,15+,17-/m0/s1. The van der Waals surface area contributed by atoms with Crippen LogP contribution in [-0.4, -0.2) is 29.8 Å². The Bertz CT molecular complexity index is 498. The molecule has 2 saturated heterocycles. The van der Waals surface area contributed by atoms with E-state index >= 15 is 0 Å². The summed E-state index contributed by atoms with van der Waals surface area (Å²) in [6, 6.07) is 9.93. The largest absolute Gasteiger partial charge is 0.300 e. The number of Topliss-reactive ketones (excluding diaryl/α,β-unsaturated/α-hetero) is 1. The van der Waals surface area contributed by atoms with E-state index in [1.807, 2.05) is 6.92 Å². The fourth-order valence-corrected chi connectivity index (χ4v) is 4.55. The highest BCUT2D eigenvalue weighted by atomic mass is 127. The fraction of sp³-hybridized carbons (Fsp3) is 0.588. The molecule has 2 aliphatic rings. The van der Waals surface area contributed by atoms with Crippen molar-refractivity contribution >= 4 is 28.4 Å². The normalized spacial score (nSPS) is 33.4. The van der Waals surface area contributed by atoms with Crippen LogP contribution in [0.15, 0.2) is 24.3 Å². The van der Waals surface area contributed by atoms with E-state index in [9.17, 15) is 4.79 Å². The molecule has 2 heterocycles. The minimum Gasteiger partial charge on any atom is -0.300 e. The number of halogens is 1. The molecule has 108 valence electrons. The van der Waals surface area contributed by atoms with Crippen LogP contribution in [0.4, 0.5) is 0 Å². The molecule has 0 spiro atoms. The lowest BCUT2D eigenvalue weighted by atomic mass is 9.73. The van der Waals surface area contributed by atoms with Crippen LogP contribution in [0.25, 0.3) is 0 Å². The molecule has 4 atom stereocenters. The van der Waals surface area contributed by atoms with Gasteiger partial charge >= 0.3 is 0 Å². The highest BCUT2D eigenvalue weighted by Crippen LogP contribution is 2.46. The van der Waals surface area contributed by atoms with Crippen LogP contribution in [0, 0.1) is 9.49 Å². The average Bonchev–Trinajstić information content (AvgIpc) is 2.70. The summed E-state index contributed by atoms with van der Waals surface area (Å²) in [6.45, 7) is 2.01. The Labute approximate surface area is 135 Å². The van der Waals surface area contributed by atoms with Gasteiger partial charge in [0.1, 0.15) is 5.78 Å². The van der Waals surface area contributed by atoms with E-state index in [0.717, 1.165) is 6.42 Å². The van der Waals surface area contributed by atoms with E-state index in [2.05, 4.69) is 58.8 Å². The Morgan fingerprint density at radius 3 is 2.65 bits per heavy atom. The first-order chi connectivity index (χ1) is 9.61. The van der Waals surface area contributed by atoms with E-state index in [0.29, 0.717) is 30.2 Å². The second kappa shape index (κ2) is 5.76. The maximum absolute atomic E-state index is 12.5. The third-order valence-corrected chi connectivity index (χ3v) is 6.01. The molecule has 0 radical (unpaired) electrons. The monoisotopic (exact) mass is 383 g/mol. The molecule has 1 aromatic rings. The van der Waals surface area contributed by atoms with Crippen LogP contribution in [0.5, 0.6) is 0 Å². The Balaban J connectivity index is 1.95. The number of rotatable bonds is 3. The second-order valence-electron chi connectivity index (χ2n) is 6.20. The molecule has 1 unspecified atom stereocenters. The van der Waals surface area contributed by atoms with Gasteiger partial charge in [0.15, 0.2) is 0 Å². The van der Waals surface area contributed by atoms with Crippen molar-refractivity contribution in [2.75, 3.05) is 7.05 Å². The Morgan fingerprint density at radius 2 is 2.00 bits per heavy atom. The predicted octanol–water partition coefficient (Wildman–Crippen LogP) is 3.84. The van der Waals surface area contributed by atoms with Crippen molar-refractivity contribution in [1.29, 1.82) is 0 Å². The van der Waals surface area contributed by atoms with E-state index in [1.54, 1.807) is 0 Å². The van der Waals surface area contributed by atoms with Crippen LogP contribution in [0.2, 0.25) is 0 Å². The van der Waals surface area contributed by atoms with E-state index < -0.39 is 0 Å². The van der Waals surface area contributed by atoms with Crippen molar-refractivity contribution in [3.8, 4) is 0 Å². The molecular formula is C17H22INO. The van der Waals surface area contributed by atoms with E-state index in [-0.39, 0.29) is 5.92 Å². The molecule has 2 aliphatic heterocycles. The second-order valence-corrected chi connectivity index (χ2v) is 7.45. The van der Waals surface area contributed by atoms with Crippen molar-refractivity contribution in [3.05, 3.63) is 33.4 Å². The third-order valence-electron chi connectivity index (χ3n) is 5.29. The van der Waals surface area contributed by atoms with Gasteiger partial charge < -0.3 is 0 Å². The summed E-state index contributed by atoms with van der Waals surface area (Å²) in [5.74, 6) is 1.07. The smallest absolute Gasteiger partial charge is 0.137 e. The number of piperidine rings is 1. The SMILES string of the molecule is CCC(=O)[C@@H]1[C@H]2CCC(C[C@H]1c1ccc(I)cc1)N2C. The van der Waals surface area contributed by atoms with Gasteiger partial charge in [-0.1, -0.05) is 19.1 Å². The number of ketones is 1. The lowest BCUT2D eigenvalue weighted by molar-refractivity contribution is -0.126. The summed E-state index contributed by atoms with van der Waals surface area (Å²) >= 11 is 2.34. The van der Waals surface area contributed by atoms with Gasteiger partial charge in [-0.3, -0.25) is 9.69 Å². The zero-order valence-electron chi connectivity index (χ0n) is 12.2. The first-order valence-electron chi connectivity index (χ1n) is 7.62. The molecule has 3 heteroatoms. The summed E-state index contributed by atoms with van der Waals surface area (Å²) < 4.78 is 1.26. The molecule has 0 amide bonds. The predicted molar refractivity (Wildman–Crippen MR) is 89.9 cm³/mol. The molecule has 2 bridgehead atoms. The lowest BCUT2D eigenvalue weighted by Gasteiger charge is -2.42. The van der Waals surface area contributed by atoms with Gasteiger partial charge in [-0.05, 0) is 72.5 Å². The van der Waals surface area contributed by atoms with Crippen molar-refractivity contribution in [1.82, 2.24) is 4.90 Å². The van der Waals surface area contributed by atoms with Crippen LogP contribution < -0.4 is 0 Å². The zero-order valence-corrected chi connectivity index (χ0v) is 14.3. The number of carbonyl (C=O) groups is 1. The number of nitrogens with zero attached hydrogens (tertiary/aromatic N) is 1. The minimum absolute atomic E-state index is 0.198. The summed E-state index contributed by atoms with van der Waals surface area (Å²) in [6.07, 6.45) is 4.26. The molecule has 0 aromatic heterocycles. The van der Waals surface area contributed by atoms with Crippen LogP contribution >= 0.6 is 22.6 Å². The van der Waals surface area contributed by atoms with Crippen LogP contribution in [-0.2, 0) is 4.79 Å². The topological polar surface area (TPSA) is 20.3 Å². The summed E-state index contributed by atoms with van der Waals surface area (Å²) in [7, 11) is 2.21. The molecule has 0 N–H and O–H groups in total. The summed E-state index contributed by atoms with van der Waals surface area (Å²) in [4.78, 5) is 15.0. The van der Waals surface area contributed by atoms with Crippen molar-refractivity contribution in [3.63, 3.8) is 0 Å². The Morgan fingerprint density at radius 1 is 1.30 bits per heavy atom. The van der Waals surface area contributed by atoms with Gasteiger partial charge in [0, 0.05) is 28.0 Å². The molecule has 1 aromatic carbocycles. The minimum atomic E-state index is 0.198. The van der Waals surface area contributed by atoms with Gasteiger partial charge in [-0.15, -0.1) is 0 Å². The number of carbonyl (C=O) groups excluding carboxylic acids is 1. The average molecular weight is 383 g/mol. The first kappa shape index (κ1) is 14.5. The molecular weight excluding hydrogens is 361 g/mol. The molecule has 0 saturated carbocycles. The zero-order chi connectivity index (χ0) is 14.3. The molecule has 3 rings (SSSR count). The highest BCUT2D eigenvalue weighted by molar-refractivity contribution is 14.1. The van der Waals surface area contributed by atoms with Gasteiger partial charge in [-0.2, -0.15) is 0 Å². The van der Waals surface area contributed by atoms with Crippen LogP contribution in [0.3, 0.4) is 0 Å². The van der Waals surface area contributed by atoms with Crippen molar-refractivity contribution in [2.24, 2.45) is 5.92 Å². The molecule has 20 heavy (non-hydrogen) atoms. The molecule has 2 nitrogen and oxygen atoms in total. The highest BCUT2D eigenvalue weighted by Gasteiger charge is 2.48. The summed E-state index contributed by atoms with van der Waals surface area (Å²) in [5, 5.41) is 0. The third kappa shape index (κ3) is 2.43. The number of fused-ring (bicyclic) bond motifs is 2. The van der Waals surface area contributed by atoms with Gasteiger partial charge in [0.05, 0.1) is 0 Å². The van der Waals surface area contributed by atoms with E-state index in [4.69, 9.17) is 0 Å². The molecule has 0 aliphatic carbocycles.